The maximum Gasteiger partial charge on any atom is 0.0851 e. The van der Waals surface area contributed by atoms with Gasteiger partial charge in [0.05, 0.1) is 11.9 Å². The minimum absolute atomic E-state index is 0.968. The van der Waals surface area contributed by atoms with Gasteiger partial charge in [-0.2, -0.15) is 0 Å². The Morgan fingerprint density at radius 1 is 0.583 bits per heavy atom. The predicted octanol–water partition coefficient (Wildman–Crippen LogP) is 6.07. The van der Waals surface area contributed by atoms with Crippen molar-refractivity contribution in [3.05, 3.63) is 11.9 Å². The van der Waals surface area contributed by atoms with E-state index in [1.165, 1.54) is 103 Å². The Balaban J connectivity index is 1.70. The third-order valence-electron chi connectivity index (χ3n) is 4.76. The molecule has 24 heavy (non-hydrogen) atoms. The first kappa shape index (κ1) is 21.0. The SMILES string of the molecule is CCCCCCCCCCCCCCCCCCc1cnnnn1. The number of nitrogens with zero attached hydrogens (tertiary/aromatic N) is 4. The Bertz CT molecular complexity index is 356. The molecule has 0 aromatic carbocycles. The monoisotopic (exact) mass is 334 g/mol. The van der Waals surface area contributed by atoms with E-state index < -0.39 is 0 Å². The third kappa shape index (κ3) is 13.4. The van der Waals surface area contributed by atoms with Crippen molar-refractivity contribution < 1.29 is 0 Å². The standard InChI is InChI=1S/C20H38N4/c1-2-3-4-5-6-7-8-9-10-11-12-13-14-15-16-17-18-20-19-21-23-24-22-20/h19H,2-18H2,1H3. The second-order valence-electron chi connectivity index (χ2n) is 7.07. The highest BCUT2D eigenvalue weighted by Crippen LogP contribution is 2.14. The molecule has 0 spiro atoms. The van der Waals surface area contributed by atoms with E-state index in [4.69, 9.17) is 0 Å². The molecular weight excluding hydrogens is 296 g/mol. The van der Waals surface area contributed by atoms with Crippen molar-refractivity contribution in [2.75, 3.05) is 0 Å². The Hall–Kier alpha value is -1.06. The molecule has 1 aromatic heterocycles. The van der Waals surface area contributed by atoms with Gasteiger partial charge in [-0.25, -0.2) is 0 Å². The van der Waals surface area contributed by atoms with E-state index in [1.54, 1.807) is 6.20 Å². The van der Waals surface area contributed by atoms with Gasteiger partial charge >= 0.3 is 0 Å². The molecule has 4 heteroatoms. The van der Waals surface area contributed by atoms with Crippen LogP contribution in [0, 0.1) is 0 Å². The van der Waals surface area contributed by atoms with Crippen LogP contribution >= 0.6 is 0 Å². The molecule has 0 aliphatic rings. The van der Waals surface area contributed by atoms with Gasteiger partial charge in [-0.1, -0.05) is 103 Å². The molecule has 0 aliphatic carbocycles. The molecule has 0 fully saturated rings. The van der Waals surface area contributed by atoms with E-state index in [9.17, 15) is 0 Å². The van der Waals surface area contributed by atoms with Crippen LogP contribution in [0.1, 0.15) is 115 Å². The molecule has 0 N–H and O–H groups in total. The van der Waals surface area contributed by atoms with Crippen LogP contribution in [0.5, 0.6) is 0 Å². The fourth-order valence-corrected chi connectivity index (χ4v) is 3.19. The zero-order valence-corrected chi connectivity index (χ0v) is 15.9. The summed E-state index contributed by atoms with van der Waals surface area (Å²) < 4.78 is 0. The minimum atomic E-state index is 0.968. The zero-order chi connectivity index (χ0) is 17.1. The smallest absolute Gasteiger partial charge is 0.0851 e. The lowest BCUT2D eigenvalue weighted by atomic mass is 10.0. The number of aryl methyl sites for hydroxylation is 1. The molecule has 138 valence electrons. The van der Waals surface area contributed by atoms with E-state index in [0.717, 1.165) is 12.1 Å². The number of aromatic nitrogens is 4. The van der Waals surface area contributed by atoms with Gasteiger partial charge in [0, 0.05) is 0 Å². The van der Waals surface area contributed by atoms with Crippen LogP contribution in [-0.4, -0.2) is 20.6 Å². The number of hydrogen-bond donors (Lipinski definition) is 0. The third-order valence-corrected chi connectivity index (χ3v) is 4.76. The van der Waals surface area contributed by atoms with Gasteiger partial charge in [-0.15, -0.1) is 10.2 Å². The highest BCUT2D eigenvalue weighted by Gasteiger charge is 1.97. The van der Waals surface area contributed by atoms with E-state index in [-0.39, 0.29) is 0 Å². The maximum absolute atomic E-state index is 3.96. The molecule has 0 amide bonds. The van der Waals surface area contributed by atoms with Gasteiger partial charge in [0.25, 0.3) is 0 Å². The summed E-state index contributed by atoms with van der Waals surface area (Å²) in [5, 5.41) is 14.7. The summed E-state index contributed by atoms with van der Waals surface area (Å²) in [5.41, 5.74) is 0.968. The first-order valence-electron chi connectivity index (χ1n) is 10.4. The average Bonchev–Trinajstić information content (AvgIpc) is 2.62. The van der Waals surface area contributed by atoms with Gasteiger partial charge in [0.15, 0.2) is 0 Å². The maximum atomic E-state index is 3.96. The highest BCUT2D eigenvalue weighted by molar-refractivity contribution is 4.88. The van der Waals surface area contributed by atoms with Gasteiger partial charge in [-0.05, 0) is 23.3 Å². The molecule has 0 atom stereocenters. The summed E-state index contributed by atoms with van der Waals surface area (Å²) in [6, 6.07) is 0. The number of unbranched alkanes of at least 4 members (excludes halogenated alkanes) is 15. The topological polar surface area (TPSA) is 51.6 Å². The van der Waals surface area contributed by atoms with Crippen LogP contribution in [0.4, 0.5) is 0 Å². The van der Waals surface area contributed by atoms with Crippen LogP contribution < -0.4 is 0 Å². The average molecular weight is 335 g/mol. The Kier molecular flexibility index (Phi) is 14.7. The predicted molar refractivity (Wildman–Crippen MR) is 101 cm³/mol. The second-order valence-corrected chi connectivity index (χ2v) is 7.07. The Labute approximate surface area is 149 Å². The Morgan fingerprint density at radius 3 is 1.46 bits per heavy atom. The zero-order valence-electron chi connectivity index (χ0n) is 15.9. The molecule has 1 heterocycles. The van der Waals surface area contributed by atoms with Crippen molar-refractivity contribution in [3.8, 4) is 0 Å². The number of rotatable bonds is 17. The lowest BCUT2D eigenvalue weighted by Crippen LogP contribution is -1.97. The van der Waals surface area contributed by atoms with Crippen LogP contribution in [-0.2, 0) is 6.42 Å². The minimum Gasteiger partial charge on any atom is -0.135 e. The summed E-state index contributed by atoms with van der Waals surface area (Å²) in [5.74, 6) is 0. The fraction of sp³-hybridized carbons (Fsp3) is 0.900. The summed E-state index contributed by atoms with van der Waals surface area (Å²) in [4.78, 5) is 0. The molecule has 0 bridgehead atoms. The summed E-state index contributed by atoms with van der Waals surface area (Å²) in [6.07, 6.45) is 25.2. The van der Waals surface area contributed by atoms with Crippen molar-refractivity contribution in [2.45, 2.75) is 116 Å². The lowest BCUT2D eigenvalue weighted by Gasteiger charge is -2.03. The van der Waals surface area contributed by atoms with Crippen molar-refractivity contribution in [1.29, 1.82) is 0 Å². The molecule has 4 nitrogen and oxygen atoms in total. The van der Waals surface area contributed by atoms with Crippen LogP contribution in [0.3, 0.4) is 0 Å². The first-order valence-corrected chi connectivity index (χ1v) is 10.4. The second kappa shape index (κ2) is 16.8. The molecule has 0 saturated carbocycles. The molecule has 1 aromatic rings. The van der Waals surface area contributed by atoms with Crippen molar-refractivity contribution in [1.82, 2.24) is 20.6 Å². The van der Waals surface area contributed by atoms with Crippen molar-refractivity contribution in [2.24, 2.45) is 0 Å². The summed E-state index contributed by atoms with van der Waals surface area (Å²) in [7, 11) is 0. The van der Waals surface area contributed by atoms with E-state index in [2.05, 4.69) is 27.5 Å². The fourth-order valence-electron chi connectivity index (χ4n) is 3.19. The van der Waals surface area contributed by atoms with Crippen LogP contribution in [0.15, 0.2) is 6.20 Å². The van der Waals surface area contributed by atoms with Crippen LogP contribution in [0.2, 0.25) is 0 Å². The Morgan fingerprint density at radius 2 is 1.04 bits per heavy atom. The molecule has 0 unspecified atom stereocenters. The largest absolute Gasteiger partial charge is 0.135 e. The summed E-state index contributed by atoms with van der Waals surface area (Å²) >= 11 is 0. The highest BCUT2D eigenvalue weighted by atomic mass is 15.4. The lowest BCUT2D eigenvalue weighted by molar-refractivity contribution is 0.528. The van der Waals surface area contributed by atoms with E-state index >= 15 is 0 Å². The molecule has 1 rings (SSSR count). The first-order chi connectivity index (χ1) is 11.9. The number of hydrogen-bond acceptors (Lipinski definition) is 4. The van der Waals surface area contributed by atoms with E-state index in [1.807, 2.05) is 0 Å². The quantitative estimate of drug-likeness (QED) is 0.324. The molecule has 0 saturated heterocycles. The normalized spacial score (nSPS) is 11.0. The van der Waals surface area contributed by atoms with Gasteiger partial charge in [-0.3, -0.25) is 0 Å². The van der Waals surface area contributed by atoms with Crippen molar-refractivity contribution in [3.63, 3.8) is 0 Å². The van der Waals surface area contributed by atoms with Crippen molar-refractivity contribution >= 4 is 0 Å². The van der Waals surface area contributed by atoms with Gasteiger partial charge < -0.3 is 0 Å². The van der Waals surface area contributed by atoms with E-state index in [0.29, 0.717) is 0 Å². The molecular formula is C20H38N4. The molecule has 0 aliphatic heterocycles. The summed E-state index contributed by atoms with van der Waals surface area (Å²) in [6.45, 7) is 2.29. The van der Waals surface area contributed by atoms with Crippen LogP contribution in [0.25, 0.3) is 0 Å². The molecule has 0 radical (unpaired) electrons. The van der Waals surface area contributed by atoms with Gasteiger partial charge in [0.2, 0.25) is 0 Å². The van der Waals surface area contributed by atoms with Gasteiger partial charge in [0.1, 0.15) is 0 Å².